The van der Waals surface area contributed by atoms with Gasteiger partial charge in [0.05, 0.1) is 54.3 Å². The van der Waals surface area contributed by atoms with Gasteiger partial charge in [-0.25, -0.2) is 0 Å². The zero-order valence-electron chi connectivity index (χ0n) is 65.1. The highest BCUT2D eigenvalue weighted by molar-refractivity contribution is 5.95. The summed E-state index contributed by atoms with van der Waals surface area (Å²) in [6.45, 7) is 7.67. The largest absolute Gasteiger partial charge is 0.394 e. The summed E-state index contributed by atoms with van der Waals surface area (Å²) in [4.78, 5) is 96.0. The monoisotopic (exact) mass is 1560 g/mol. The molecular formula is C94H87N13O10. The Labute approximate surface area is 672 Å². The predicted octanol–water partition coefficient (Wildman–Crippen LogP) is 11.7. The summed E-state index contributed by atoms with van der Waals surface area (Å²) < 4.78 is 8.23. The summed E-state index contributed by atoms with van der Waals surface area (Å²) in [6.07, 6.45) is 16.4. The maximum absolute atomic E-state index is 14.2. The van der Waals surface area contributed by atoms with Crippen molar-refractivity contribution in [1.82, 2.24) is 47.7 Å². The number of benzene rings is 7. The van der Waals surface area contributed by atoms with E-state index < -0.39 is 5.91 Å². The minimum atomic E-state index is -0.544. The quantitative estimate of drug-likeness (QED) is 0.0264. The van der Waals surface area contributed by atoms with Gasteiger partial charge >= 0.3 is 0 Å². The lowest BCUT2D eigenvalue weighted by atomic mass is 9.92. The lowest BCUT2D eigenvalue weighted by Crippen LogP contribution is -2.50. The topological polar surface area (TPSA) is 319 Å². The van der Waals surface area contributed by atoms with Gasteiger partial charge in [0.2, 0.25) is 5.91 Å². The minimum Gasteiger partial charge on any atom is -0.394 e. The molecule has 3 aliphatic heterocycles. The van der Waals surface area contributed by atoms with Crippen LogP contribution in [0, 0.1) is 29.2 Å². The molecule has 0 bridgehead atoms. The molecule has 19 rings (SSSR count). The van der Waals surface area contributed by atoms with Crippen molar-refractivity contribution >= 4 is 66.6 Å². The number of amides is 3. The molecule has 9 heterocycles. The molecule has 6 fully saturated rings. The number of fused-ring (bicyclic) bond motifs is 4. The van der Waals surface area contributed by atoms with E-state index in [1.54, 1.807) is 84.7 Å². The highest BCUT2D eigenvalue weighted by Crippen LogP contribution is 2.45. The van der Waals surface area contributed by atoms with Crippen LogP contribution < -0.4 is 33.7 Å². The van der Waals surface area contributed by atoms with Crippen molar-refractivity contribution in [2.75, 3.05) is 45.0 Å². The molecule has 588 valence electrons. The summed E-state index contributed by atoms with van der Waals surface area (Å²) >= 11 is 0. The maximum Gasteiger partial charge on any atom is 0.298 e. The first-order valence-electron chi connectivity index (χ1n) is 39.6. The van der Waals surface area contributed by atoms with Gasteiger partial charge in [0, 0.05) is 144 Å². The molecule has 13 aromatic rings. The Morgan fingerprint density at radius 3 is 1.49 bits per heavy atom. The summed E-state index contributed by atoms with van der Waals surface area (Å²) in [7, 11) is 3.37. The Balaban J connectivity index is 0.000000126. The molecule has 8 N–H and O–H groups in total. The smallest absolute Gasteiger partial charge is 0.298 e. The first-order valence-corrected chi connectivity index (χ1v) is 39.6. The standard InChI is InChI=1S/C33H32N4O4.C32H28N4O3.C29H27N5O3/c1-3-5-31(39)36-16-20(17-36)12-25-14-23-13-22(21-8-9-21)10-11-27(23)33(41)37(25)29-7-4-6-26(28(29)19-38)24-15-30(32(34)40)35(2)18-24;1-2-31(38)35-16-24(17-35)30-14-22-12-20(19-6-7-19)8-10-26(22)32(39)36(30)29-5-3-4-25(27(29)18-37)21-9-11-28-23(13-21)15-33-34-28;1-32-12-20(10-25(31)29(32)37)22-3-2-4-26(24(22)15-35)34-27(21-13-33(14-21)16-30)11-19-9-18(17-5-6-17)7-8-23(19)28(34)36/h4,6-7,10-11,13-15,18,20-21,38H,8-9,12,16-17,19H2,1-2H3,(H2,34,40);2-5,8-15,19,24,37H,1,6-7,16-18H2,(H,33,34);2-4,7-12,17,21,35H,5-6,13-15,31H2,1H3. The molecule has 3 aliphatic carbocycles. The van der Waals surface area contributed by atoms with Gasteiger partial charge in [0.15, 0.2) is 6.19 Å². The van der Waals surface area contributed by atoms with Gasteiger partial charge in [-0.1, -0.05) is 91.4 Å². The highest BCUT2D eigenvalue weighted by atomic mass is 16.3. The molecule has 3 amide bonds. The molecule has 0 spiro atoms. The lowest BCUT2D eigenvalue weighted by Gasteiger charge is -2.40. The number of primary amides is 1. The van der Waals surface area contributed by atoms with Crippen molar-refractivity contribution in [3.05, 3.63) is 287 Å². The number of rotatable bonds is 18. The van der Waals surface area contributed by atoms with Crippen molar-refractivity contribution < 1.29 is 29.7 Å². The van der Waals surface area contributed by atoms with Gasteiger partial charge in [-0.05, 0) is 222 Å². The van der Waals surface area contributed by atoms with Gasteiger partial charge < -0.3 is 50.6 Å². The van der Waals surface area contributed by atoms with E-state index in [0.717, 1.165) is 60.8 Å². The van der Waals surface area contributed by atoms with Crippen LogP contribution in [-0.4, -0.2) is 120 Å². The fraction of sp³-hybridized carbons (Fsp3) is 0.266. The van der Waals surface area contributed by atoms with Gasteiger partial charge in [-0.3, -0.25) is 52.4 Å². The number of aromatic nitrogens is 7. The van der Waals surface area contributed by atoms with Crippen molar-refractivity contribution in [2.45, 2.75) is 101 Å². The number of pyridine rings is 4. The van der Waals surface area contributed by atoms with Gasteiger partial charge in [0.25, 0.3) is 34.1 Å². The van der Waals surface area contributed by atoms with Crippen LogP contribution in [0.4, 0.5) is 5.69 Å². The number of aliphatic hydroxyl groups is 3. The number of carbonyl (C=O) groups is 3. The molecule has 23 nitrogen and oxygen atoms in total. The molecule has 0 unspecified atom stereocenters. The Kier molecular flexibility index (Phi) is 20.2. The zero-order valence-corrected chi connectivity index (χ0v) is 65.1. The van der Waals surface area contributed by atoms with E-state index in [9.17, 15) is 54.1 Å². The molecule has 3 saturated carbocycles. The summed E-state index contributed by atoms with van der Waals surface area (Å²) in [5.41, 5.74) is 26.7. The number of likely N-dealkylation sites (tertiary alicyclic amines) is 3. The first-order chi connectivity index (χ1) is 56.7. The van der Waals surface area contributed by atoms with E-state index >= 15 is 0 Å². The SMILES string of the molecule is C=CC(=O)N1CC(c2cc3cc(C4CC4)ccc3c(=O)n2-c2cccc(-c3ccc4[nH]ncc4c3)c2CO)C1.CC#CC(=O)N1CC(Cc2cc3cc(C4CC4)ccc3c(=O)n2-c2cccc(-c3cc(C(N)=O)n(C)c3)c2CO)C1.Cn1cc(-c2cccc(-n3c(C4CN(C#N)C4)cc4cc(C5CC5)ccc4c3=O)c2CO)cc(N)c1=O. The Bertz CT molecular complexity index is 6620. The second-order valence-corrected chi connectivity index (χ2v) is 31.8. The van der Waals surface area contributed by atoms with Gasteiger partial charge in [-0.2, -0.15) is 10.4 Å². The number of hydrogen-bond acceptors (Lipinski definition) is 14. The second kappa shape index (κ2) is 31.1. The molecule has 0 radical (unpaired) electrons. The molecule has 0 atom stereocenters. The third kappa shape index (κ3) is 14.4. The number of aryl methyl sites for hydroxylation is 2. The molecule has 23 heteroatoms. The third-order valence-electron chi connectivity index (χ3n) is 24.1. The summed E-state index contributed by atoms with van der Waals surface area (Å²) in [5.74, 6) is 6.32. The van der Waals surface area contributed by atoms with E-state index in [1.165, 1.54) is 65.9 Å². The van der Waals surface area contributed by atoms with E-state index in [1.807, 2.05) is 103 Å². The number of aliphatic hydroxyl groups excluding tert-OH is 3. The van der Waals surface area contributed by atoms with Gasteiger partial charge in [-0.15, -0.1) is 0 Å². The van der Waals surface area contributed by atoms with Crippen molar-refractivity contribution in [2.24, 2.45) is 25.7 Å². The van der Waals surface area contributed by atoms with Crippen LogP contribution in [0.5, 0.6) is 0 Å². The molecule has 7 aromatic carbocycles. The van der Waals surface area contributed by atoms with Crippen LogP contribution in [-0.2, 0) is 49.9 Å². The van der Waals surface area contributed by atoms with E-state index in [-0.39, 0.29) is 77.3 Å². The van der Waals surface area contributed by atoms with Crippen LogP contribution in [0.1, 0.15) is 136 Å². The molecule has 6 aromatic heterocycles. The van der Waals surface area contributed by atoms with Crippen LogP contribution >= 0.6 is 0 Å². The normalized spacial score (nSPS) is 15.3. The summed E-state index contributed by atoms with van der Waals surface area (Å²) in [5, 5.41) is 53.8. The number of carbonyl (C=O) groups excluding carboxylic acids is 3. The van der Waals surface area contributed by atoms with Crippen molar-refractivity contribution in [1.29, 1.82) is 5.26 Å². The van der Waals surface area contributed by atoms with Crippen LogP contribution in [0.25, 0.3) is 93.7 Å². The number of anilines is 1. The molecule has 3 saturated heterocycles. The highest BCUT2D eigenvalue weighted by Gasteiger charge is 2.37. The van der Waals surface area contributed by atoms with Crippen LogP contribution in [0.2, 0.25) is 0 Å². The average Bonchev–Trinajstić information content (AvgIpc) is 1.69. The number of hydrogen-bond donors (Lipinski definition) is 6. The van der Waals surface area contributed by atoms with E-state index in [0.29, 0.717) is 136 Å². The minimum absolute atomic E-state index is 0.00437. The number of nitrogen functional groups attached to an aromatic ring is 1. The third-order valence-corrected chi connectivity index (χ3v) is 24.1. The number of aromatic amines is 1. The van der Waals surface area contributed by atoms with Gasteiger partial charge in [0.1, 0.15) is 5.69 Å². The first kappa shape index (κ1) is 76.2. The van der Waals surface area contributed by atoms with Crippen molar-refractivity contribution in [3.63, 3.8) is 0 Å². The maximum atomic E-state index is 14.2. The Hall–Kier alpha value is -13.5. The van der Waals surface area contributed by atoms with Crippen molar-refractivity contribution in [3.8, 4) is 68.5 Å². The number of nitrogens with one attached hydrogen (secondary N) is 1. The van der Waals surface area contributed by atoms with Crippen LogP contribution in [0.15, 0.2) is 208 Å². The number of nitrogens with zero attached hydrogens (tertiary/aromatic N) is 10. The fourth-order valence-corrected chi connectivity index (χ4v) is 17.3. The number of nitriles is 1. The lowest BCUT2D eigenvalue weighted by molar-refractivity contribution is -0.131. The average molecular weight is 1560 g/mol. The summed E-state index contributed by atoms with van der Waals surface area (Å²) in [6, 6.07) is 50.8. The molecule has 117 heavy (non-hydrogen) atoms. The number of H-pyrrole nitrogens is 1. The zero-order chi connectivity index (χ0) is 81.4. The second-order valence-electron chi connectivity index (χ2n) is 31.8. The van der Waals surface area contributed by atoms with E-state index in [2.05, 4.69) is 77.3 Å². The molecule has 6 aliphatic rings. The Morgan fingerprint density at radius 1 is 0.538 bits per heavy atom. The fourth-order valence-electron chi connectivity index (χ4n) is 17.3. The molecular weight excluding hydrogens is 1470 g/mol. The van der Waals surface area contributed by atoms with Crippen LogP contribution in [0.3, 0.4) is 0 Å². The number of nitrogens with two attached hydrogens (primary N) is 2. The predicted molar refractivity (Wildman–Crippen MR) is 452 cm³/mol. The Morgan fingerprint density at radius 2 is 1.02 bits per heavy atom. The van der Waals surface area contributed by atoms with E-state index in [4.69, 9.17) is 11.5 Å².